The van der Waals surface area contributed by atoms with Gasteiger partial charge in [0.2, 0.25) is 11.7 Å². The number of fused-ring (bicyclic) bond motifs is 1. The summed E-state index contributed by atoms with van der Waals surface area (Å²) in [5.41, 5.74) is 0.855. The quantitative estimate of drug-likeness (QED) is 0.463. The lowest BCUT2D eigenvalue weighted by molar-refractivity contribution is -0.116. The van der Waals surface area contributed by atoms with Crippen molar-refractivity contribution in [1.82, 2.24) is 4.98 Å². The predicted molar refractivity (Wildman–Crippen MR) is 91.6 cm³/mol. The molecule has 1 aliphatic heterocycles. The number of hydrogen-bond donors (Lipinski definition) is 0. The van der Waals surface area contributed by atoms with E-state index in [-0.39, 0.29) is 17.3 Å². The Morgan fingerprint density at radius 1 is 1.23 bits per heavy atom. The second-order valence-electron chi connectivity index (χ2n) is 5.54. The van der Waals surface area contributed by atoms with Crippen LogP contribution in [0.3, 0.4) is 0 Å². The SMILES string of the molecule is CC(=O)N1/C(=C\c2ccc(OS(C)(=O)=O)c(F)n2)C(=O)c2ccccc21. The van der Waals surface area contributed by atoms with Crippen LogP contribution in [-0.2, 0) is 14.9 Å². The number of rotatable bonds is 3. The Balaban J connectivity index is 2.03. The van der Waals surface area contributed by atoms with Crippen LogP contribution in [0, 0.1) is 5.95 Å². The molecule has 0 atom stereocenters. The molecule has 9 heteroatoms. The molecule has 0 unspecified atom stereocenters. The molecule has 0 bridgehead atoms. The van der Waals surface area contributed by atoms with Gasteiger partial charge in [0.25, 0.3) is 5.95 Å². The van der Waals surface area contributed by atoms with Gasteiger partial charge in [0.05, 0.1) is 23.3 Å². The summed E-state index contributed by atoms with van der Waals surface area (Å²) in [7, 11) is -3.90. The van der Waals surface area contributed by atoms with Crippen LogP contribution in [0.5, 0.6) is 5.75 Å². The van der Waals surface area contributed by atoms with Gasteiger partial charge in [0, 0.05) is 12.5 Å². The second kappa shape index (κ2) is 6.34. The molecule has 2 aromatic rings. The predicted octanol–water partition coefficient (Wildman–Crippen LogP) is 2.15. The van der Waals surface area contributed by atoms with Crippen molar-refractivity contribution >= 4 is 33.6 Å². The van der Waals surface area contributed by atoms with Crippen LogP contribution < -0.4 is 9.08 Å². The number of halogens is 1. The molecule has 0 fully saturated rings. The van der Waals surface area contributed by atoms with Gasteiger partial charge in [0.15, 0.2) is 5.75 Å². The Hall–Kier alpha value is -3.07. The molecule has 0 aliphatic carbocycles. The van der Waals surface area contributed by atoms with Crippen molar-refractivity contribution in [2.45, 2.75) is 6.92 Å². The molecule has 7 nitrogen and oxygen atoms in total. The van der Waals surface area contributed by atoms with Gasteiger partial charge < -0.3 is 4.18 Å². The van der Waals surface area contributed by atoms with Crippen molar-refractivity contribution in [3.63, 3.8) is 0 Å². The molecule has 1 aliphatic rings. The number of benzene rings is 1. The highest BCUT2D eigenvalue weighted by atomic mass is 32.2. The minimum Gasteiger partial charge on any atom is -0.378 e. The Morgan fingerprint density at radius 2 is 1.92 bits per heavy atom. The first kappa shape index (κ1) is 17.7. The molecule has 1 aromatic carbocycles. The van der Waals surface area contributed by atoms with Gasteiger partial charge in [0.1, 0.15) is 0 Å². The summed E-state index contributed by atoms with van der Waals surface area (Å²) in [4.78, 5) is 29.4. The fraction of sp³-hybridized carbons (Fsp3) is 0.118. The van der Waals surface area contributed by atoms with E-state index in [0.29, 0.717) is 11.3 Å². The molecule has 26 heavy (non-hydrogen) atoms. The molecule has 1 aromatic heterocycles. The number of carbonyl (C=O) groups excluding carboxylic acids is 2. The Bertz CT molecular complexity index is 1060. The highest BCUT2D eigenvalue weighted by molar-refractivity contribution is 7.86. The first-order valence-corrected chi connectivity index (χ1v) is 9.21. The van der Waals surface area contributed by atoms with E-state index in [9.17, 15) is 22.4 Å². The minimum absolute atomic E-state index is 0.0300. The van der Waals surface area contributed by atoms with E-state index >= 15 is 0 Å². The topological polar surface area (TPSA) is 93.6 Å². The number of nitrogens with zero attached hydrogens (tertiary/aromatic N) is 2. The van der Waals surface area contributed by atoms with Crippen molar-refractivity contribution < 1.29 is 26.6 Å². The number of ketones is 1. The summed E-state index contributed by atoms with van der Waals surface area (Å²) < 4.78 is 40.6. The van der Waals surface area contributed by atoms with E-state index in [0.717, 1.165) is 12.3 Å². The number of hydrogen-bond acceptors (Lipinski definition) is 6. The van der Waals surface area contributed by atoms with Crippen LogP contribution in [0.15, 0.2) is 42.1 Å². The van der Waals surface area contributed by atoms with Gasteiger partial charge in [-0.25, -0.2) is 4.98 Å². The number of pyridine rings is 1. The lowest BCUT2D eigenvalue weighted by Gasteiger charge is -2.15. The molecule has 2 heterocycles. The zero-order valence-corrected chi connectivity index (χ0v) is 14.6. The number of allylic oxidation sites excluding steroid dienone is 1. The fourth-order valence-electron chi connectivity index (χ4n) is 2.58. The summed E-state index contributed by atoms with van der Waals surface area (Å²) in [5.74, 6) is -2.48. The molecule has 0 N–H and O–H groups in total. The highest BCUT2D eigenvalue weighted by Crippen LogP contribution is 2.35. The molecule has 0 saturated carbocycles. The number of para-hydroxylation sites is 1. The van der Waals surface area contributed by atoms with E-state index < -0.39 is 27.6 Å². The third kappa shape index (κ3) is 3.33. The third-order valence-electron chi connectivity index (χ3n) is 3.54. The van der Waals surface area contributed by atoms with Crippen LogP contribution in [0.1, 0.15) is 23.0 Å². The largest absolute Gasteiger partial charge is 0.378 e. The van der Waals surface area contributed by atoms with Crippen molar-refractivity contribution in [1.29, 1.82) is 0 Å². The minimum atomic E-state index is -3.90. The highest BCUT2D eigenvalue weighted by Gasteiger charge is 2.34. The molecular weight excluding hydrogens is 363 g/mol. The summed E-state index contributed by atoms with van der Waals surface area (Å²) in [6, 6.07) is 8.96. The molecule has 1 amide bonds. The lowest BCUT2D eigenvalue weighted by Crippen LogP contribution is -2.25. The van der Waals surface area contributed by atoms with Crippen LogP contribution in [0.25, 0.3) is 6.08 Å². The summed E-state index contributed by atoms with van der Waals surface area (Å²) in [6.07, 6.45) is 2.04. The number of anilines is 1. The van der Waals surface area contributed by atoms with Gasteiger partial charge in [-0.3, -0.25) is 14.5 Å². The molecule has 0 saturated heterocycles. The van der Waals surface area contributed by atoms with Gasteiger partial charge >= 0.3 is 10.1 Å². The summed E-state index contributed by atoms with van der Waals surface area (Å²) in [5, 5.41) is 0. The number of aromatic nitrogens is 1. The van der Waals surface area contributed by atoms with Crippen molar-refractivity contribution in [2.24, 2.45) is 0 Å². The van der Waals surface area contributed by atoms with Crippen LogP contribution in [0.4, 0.5) is 10.1 Å². The van der Waals surface area contributed by atoms with E-state index in [1.807, 2.05) is 0 Å². The van der Waals surface area contributed by atoms with Gasteiger partial charge in [-0.05, 0) is 30.3 Å². The first-order chi connectivity index (χ1) is 12.2. The standard InChI is InChI=1S/C17H13FN2O5S/c1-10(21)20-13-6-4-3-5-12(13)16(22)14(20)9-11-7-8-15(17(18)19-11)25-26(2,23)24/h3-9H,1-2H3/b14-9-. The zero-order valence-electron chi connectivity index (χ0n) is 13.8. The van der Waals surface area contributed by atoms with Crippen molar-refractivity contribution in [2.75, 3.05) is 11.2 Å². The maximum Gasteiger partial charge on any atom is 0.306 e. The molecule has 3 rings (SSSR count). The molecule has 0 radical (unpaired) electrons. The Morgan fingerprint density at radius 3 is 2.54 bits per heavy atom. The number of amides is 1. The zero-order chi connectivity index (χ0) is 19.1. The van der Waals surface area contributed by atoms with Gasteiger partial charge in [-0.2, -0.15) is 12.8 Å². The molecule has 0 spiro atoms. The van der Waals surface area contributed by atoms with Crippen LogP contribution in [-0.4, -0.2) is 31.3 Å². The smallest absolute Gasteiger partial charge is 0.306 e. The average Bonchev–Trinajstić information content (AvgIpc) is 2.82. The summed E-state index contributed by atoms with van der Waals surface area (Å²) >= 11 is 0. The van der Waals surface area contributed by atoms with Crippen LogP contribution >= 0.6 is 0 Å². The molecular formula is C17H13FN2O5S. The summed E-state index contributed by atoms with van der Waals surface area (Å²) in [6.45, 7) is 1.31. The number of carbonyl (C=O) groups is 2. The Labute approximate surface area is 148 Å². The van der Waals surface area contributed by atoms with Crippen molar-refractivity contribution in [3.05, 3.63) is 59.3 Å². The van der Waals surface area contributed by atoms with E-state index in [2.05, 4.69) is 9.17 Å². The van der Waals surface area contributed by atoms with Gasteiger partial charge in [-0.1, -0.05) is 12.1 Å². The molecule has 134 valence electrons. The lowest BCUT2D eigenvalue weighted by atomic mass is 10.1. The Kier molecular flexibility index (Phi) is 4.33. The van der Waals surface area contributed by atoms with Crippen molar-refractivity contribution in [3.8, 4) is 5.75 Å². The monoisotopic (exact) mass is 376 g/mol. The first-order valence-electron chi connectivity index (χ1n) is 7.39. The number of Topliss-reactive ketones (excluding diaryl/α,β-unsaturated/α-hetero) is 1. The van der Waals surface area contributed by atoms with E-state index in [4.69, 9.17) is 0 Å². The maximum atomic E-state index is 14.0. The van der Waals surface area contributed by atoms with E-state index in [1.165, 1.54) is 24.0 Å². The normalized spacial score (nSPS) is 15.3. The second-order valence-corrected chi connectivity index (χ2v) is 7.12. The van der Waals surface area contributed by atoms with Crippen LogP contribution in [0.2, 0.25) is 0 Å². The third-order valence-corrected chi connectivity index (χ3v) is 4.02. The van der Waals surface area contributed by atoms with Gasteiger partial charge in [-0.15, -0.1) is 0 Å². The maximum absolute atomic E-state index is 14.0. The fourth-order valence-corrected chi connectivity index (χ4v) is 3.03. The average molecular weight is 376 g/mol. The van der Waals surface area contributed by atoms with E-state index in [1.54, 1.807) is 24.3 Å².